The number of aromatic nitrogens is 2. The summed E-state index contributed by atoms with van der Waals surface area (Å²) in [5, 5.41) is 7.27. The number of carbonyl (C=O) groups is 3. The number of carbonyl (C=O) groups excluding carboxylic acids is 3. The van der Waals surface area contributed by atoms with Gasteiger partial charge in [-0.1, -0.05) is 44.2 Å². The van der Waals surface area contributed by atoms with E-state index in [-0.39, 0.29) is 23.4 Å². The third-order valence-electron chi connectivity index (χ3n) is 6.17. The molecule has 8 nitrogen and oxygen atoms in total. The van der Waals surface area contributed by atoms with Crippen LogP contribution >= 0.6 is 0 Å². The Labute approximate surface area is 188 Å². The van der Waals surface area contributed by atoms with Crippen molar-refractivity contribution in [3.63, 3.8) is 0 Å². The van der Waals surface area contributed by atoms with E-state index in [2.05, 4.69) is 10.4 Å². The van der Waals surface area contributed by atoms with Crippen LogP contribution in [0.1, 0.15) is 59.7 Å². The van der Waals surface area contributed by atoms with Gasteiger partial charge in [-0.25, -0.2) is 0 Å². The lowest BCUT2D eigenvalue weighted by molar-refractivity contribution is -0.133. The summed E-state index contributed by atoms with van der Waals surface area (Å²) in [5.74, 6) is -0.641. The van der Waals surface area contributed by atoms with E-state index in [1.165, 1.54) is 0 Å². The molecule has 1 aromatic heterocycles. The van der Waals surface area contributed by atoms with E-state index in [0.29, 0.717) is 25.3 Å². The molecule has 1 aromatic carbocycles. The van der Waals surface area contributed by atoms with Gasteiger partial charge in [-0.3, -0.25) is 19.1 Å². The smallest absolute Gasteiger partial charge is 0.272 e. The van der Waals surface area contributed by atoms with E-state index in [0.717, 1.165) is 37.9 Å². The highest BCUT2D eigenvalue weighted by molar-refractivity contribution is 5.99. The Morgan fingerprint density at radius 1 is 1.03 bits per heavy atom. The maximum absolute atomic E-state index is 13.2. The number of aryl methyl sites for hydroxylation is 1. The van der Waals surface area contributed by atoms with Crippen LogP contribution in [0.4, 0.5) is 0 Å². The molecule has 2 aromatic rings. The Kier molecular flexibility index (Phi) is 6.58. The molecule has 1 saturated heterocycles. The minimum absolute atomic E-state index is 0.0447. The standard InChI is InChI=1S/C24H31N5O3/c1-17(2)21(24(32)27-11-6-7-12-27)25-22(30)19-15-20-23(31)28(13-8-14-29(20)26-19)16-18-9-4-3-5-10-18/h3-5,9-10,15,17,21H,6-8,11-14,16H2,1-2H3,(H,25,30)/t21-/m1/s1. The number of hydrogen-bond acceptors (Lipinski definition) is 4. The number of hydrogen-bond donors (Lipinski definition) is 1. The third kappa shape index (κ3) is 4.69. The Hall–Kier alpha value is -3.16. The Balaban J connectivity index is 1.49. The van der Waals surface area contributed by atoms with Gasteiger partial charge in [-0.2, -0.15) is 5.10 Å². The van der Waals surface area contributed by atoms with Crippen molar-refractivity contribution in [2.24, 2.45) is 5.92 Å². The van der Waals surface area contributed by atoms with E-state index in [9.17, 15) is 14.4 Å². The molecule has 1 fully saturated rings. The van der Waals surface area contributed by atoms with Gasteiger partial charge in [-0.05, 0) is 30.7 Å². The molecule has 2 aliphatic heterocycles. The molecule has 8 heteroatoms. The summed E-state index contributed by atoms with van der Waals surface area (Å²) in [6.07, 6.45) is 2.76. The van der Waals surface area contributed by atoms with Crippen LogP contribution in [-0.4, -0.2) is 63.0 Å². The molecule has 32 heavy (non-hydrogen) atoms. The molecule has 0 spiro atoms. The highest BCUT2D eigenvalue weighted by atomic mass is 16.2. The van der Waals surface area contributed by atoms with E-state index in [1.807, 2.05) is 49.1 Å². The molecule has 1 atom stereocenters. The predicted molar refractivity (Wildman–Crippen MR) is 120 cm³/mol. The molecule has 0 aliphatic carbocycles. The van der Waals surface area contributed by atoms with Crippen molar-refractivity contribution in [2.75, 3.05) is 19.6 Å². The van der Waals surface area contributed by atoms with Crippen LogP contribution in [0, 0.1) is 5.92 Å². The van der Waals surface area contributed by atoms with Crippen molar-refractivity contribution < 1.29 is 14.4 Å². The summed E-state index contributed by atoms with van der Waals surface area (Å²) in [4.78, 5) is 42.6. The first-order valence-electron chi connectivity index (χ1n) is 11.4. The molecule has 3 amide bonds. The van der Waals surface area contributed by atoms with Crippen LogP contribution in [0.5, 0.6) is 0 Å². The van der Waals surface area contributed by atoms with Gasteiger partial charge >= 0.3 is 0 Å². The molecule has 0 radical (unpaired) electrons. The van der Waals surface area contributed by atoms with Crippen LogP contribution < -0.4 is 5.32 Å². The molecule has 0 bridgehead atoms. The van der Waals surface area contributed by atoms with Crippen LogP contribution in [0.3, 0.4) is 0 Å². The van der Waals surface area contributed by atoms with Gasteiger partial charge in [0.05, 0.1) is 0 Å². The lowest BCUT2D eigenvalue weighted by atomic mass is 10.0. The summed E-state index contributed by atoms with van der Waals surface area (Å²) >= 11 is 0. The first-order chi connectivity index (χ1) is 15.4. The van der Waals surface area contributed by atoms with Crippen molar-refractivity contribution in [2.45, 2.75) is 52.2 Å². The van der Waals surface area contributed by atoms with Crippen molar-refractivity contribution in [1.29, 1.82) is 0 Å². The zero-order chi connectivity index (χ0) is 22.7. The minimum atomic E-state index is -0.604. The second-order valence-electron chi connectivity index (χ2n) is 8.93. The minimum Gasteiger partial charge on any atom is -0.341 e. The maximum atomic E-state index is 13.2. The Bertz CT molecular complexity index is 979. The number of amides is 3. The molecule has 0 saturated carbocycles. The number of likely N-dealkylation sites (tertiary alicyclic amines) is 1. The zero-order valence-electron chi connectivity index (χ0n) is 18.8. The molecular weight excluding hydrogens is 406 g/mol. The second-order valence-corrected chi connectivity index (χ2v) is 8.93. The van der Waals surface area contributed by atoms with Gasteiger partial charge in [0.25, 0.3) is 11.8 Å². The van der Waals surface area contributed by atoms with Crippen LogP contribution in [0.15, 0.2) is 36.4 Å². The number of nitrogens with zero attached hydrogens (tertiary/aromatic N) is 4. The second kappa shape index (κ2) is 9.54. The largest absolute Gasteiger partial charge is 0.341 e. The number of rotatable bonds is 6. The SMILES string of the molecule is CC(C)[C@@H](NC(=O)c1cc2n(n1)CCCN(Cc1ccccc1)C2=O)C(=O)N1CCCC1. The van der Waals surface area contributed by atoms with Crippen LogP contribution in [-0.2, 0) is 17.9 Å². The number of nitrogens with one attached hydrogen (secondary N) is 1. The van der Waals surface area contributed by atoms with Gasteiger partial charge in [0.2, 0.25) is 5.91 Å². The summed E-state index contributed by atoms with van der Waals surface area (Å²) in [7, 11) is 0. The lowest BCUT2D eigenvalue weighted by Crippen LogP contribution is -2.50. The molecule has 1 N–H and O–H groups in total. The summed E-state index contributed by atoms with van der Waals surface area (Å²) in [6, 6.07) is 10.8. The summed E-state index contributed by atoms with van der Waals surface area (Å²) in [5.41, 5.74) is 1.65. The van der Waals surface area contributed by atoms with Crippen LogP contribution in [0.2, 0.25) is 0 Å². The topological polar surface area (TPSA) is 87.5 Å². The fourth-order valence-electron chi connectivity index (χ4n) is 4.36. The van der Waals surface area contributed by atoms with E-state index >= 15 is 0 Å². The van der Waals surface area contributed by atoms with Gasteiger partial charge in [0.15, 0.2) is 5.69 Å². The van der Waals surface area contributed by atoms with Crippen molar-refractivity contribution >= 4 is 17.7 Å². The maximum Gasteiger partial charge on any atom is 0.272 e. The first-order valence-corrected chi connectivity index (χ1v) is 11.4. The summed E-state index contributed by atoms with van der Waals surface area (Å²) in [6.45, 7) is 7.05. The molecule has 3 heterocycles. The fourth-order valence-corrected chi connectivity index (χ4v) is 4.36. The van der Waals surface area contributed by atoms with E-state index in [4.69, 9.17) is 0 Å². The van der Waals surface area contributed by atoms with Crippen molar-refractivity contribution in [3.05, 3.63) is 53.3 Å². The van der Waals surface area contributed by atoms with Gasteiger partial charge in [0, 0.05) is 38.8 Å². The lowest BCUT2D eigenvalue weighted by Gasteiger charge is -2.26. The zero-order valence-corrected chi connectivity index (χ0v) is 18.8. The first kappa shape index (κ1) is 22.0. The Morgan fingerprint density at radius 2 is 1.75 bits per heavy atom. The average molecular weight is 438 g/mol. The van der Waals surface area contributed by atoms with E-state index in [1.54, 1.807) is 15.6 Å². The predicted octanol–water partition coefficient (Wildman–Crippen LogP) is 2.31. The third-order valence-corrected chi connectivity index (χ3v) is 6.17. The van der Waals surface area contributed by atoms with Crippen molar-refractivity contribution in [1.82, 2.24) is 24.9 Å². The van der Waals surface area contributed by atoms with Gasteiger partial charge < -0.3 is 15.1 Å². The highest BCUT2D eigenvalue weighted by Crippen LogP contribution is 2.18. The fraction of sp³-hybridized carbons (Fsp3) is 0.500. The Morgan fingerprint density at radius 3 is 2.44 bits per heavy atom. The average Bonchev–Trinajstić information content (AvgIpc) is 3.44. The van der Waals surface area contributed by atoms with Gasteiger partial charge in [-0.15, -0.1) is 0 Å². The van der Waals surface area contributed by atoms with Crippen molar-refractivity contribution in [3.8, 4) is 0 Å². The van der Waals surface area contributed by atoms with Crippen LogP contribution in [0.25, 0.3) is 0 Å². The molecule has 2 aliphatic rings. The van der Waals surface area contributed by atoms with Gasteiger partial charge in [0.1, 0.15) is 11.7 Å². The van der Waals surface area contributed by atoms with E-state index < -0.39 is 11.9 Å². The molecule has 4 rings (SSSR count). The number of fused-ring (bicyclic) bond motifs is 1. The highest BCUT2D eigenvalue weighted by Gasteiger charge is 2.32. The quantitative estimate of drug-likeness (QED) is 0.751. The molecular formula is C24H31N5O3. The summed E-state index contributed by atoms with van der Waals surface area (Å²) < 4.78 is 1.62. The number of benzene rings is 1. The normalized spacial score (nSPS) is 17.3. The monoisotopic (exact) mass is 437 g/mol. The molecule has 0 unspecified atom stereocenters. The molecule has 170 valence electrons.